The number of rotatable bonds is 4. The van der Waals surface area contributed by atoms with Gasteiger partial charge in [0.2, 0.25) is 0 Å². The van der Waals surface area contributed by atoms with E-state index in [1.165, 1.54) is 24.1 Å². The maximum atomic E-state index is 10.7. The zero-order valence-electron chi connectivity index (χ0n) is 16.6. The predicted molar refractivity (Wildman–Crippen MR) is 108 cm³/mol. The molecule has 3 aliphatic heterocycles. The molecule has 2 unspecified atom stereocenters. The Morgan fingerprint density at radius 2 is 1.89 bits per heavy atom. The van der Waals surface area contributed by atoms with Crippen molar-refractivity contribution in [2.45, 2.75) is 31.5 Å². The number of aromatic nitrogens is 1. The highest BCUT2D eigenvalue weighted by Crippen LogP contribution is 2.39. The summed E-state index contributed by atoms with van der Waals surface area (Å²) in [6.07, 6.45) is 4.98. The van der Waals surface area contributed by atoms with Crippen LogP contribution in [-0.4, -0.2) is 52.2 Å². The number of aryl methyl sites for hydroxylation is 1. The number of hydrogen-bond acceptors (Lipinski definition) is 5. The molecule has 0 bridgehead atoms. The van der Waals surface area contributed by atoms with Crippen LogP contribution in [0, 0.1) is 5.92 Å². The normalized spacial score (nSPS) is 26.1. The van der Waals surface area contributed by atoms with Crippen LogP contribution in [0.3, 0.4) is 0 Å². The van der Waals surface area contributed by atoms with Crippen molar-refractivity contribution in [1.82, 2.24) is 19.8 Å². The average molecular weight is 383 g/mol. The lowest BCUT2D eigenvalue weighted by atomic mass is 9.86. The molecule has 28 heavy (non-hydrogen) atoms. The van der Waals surface area contributed by atoms with Crippen LogP contribution in [0.2, 0.25) is 0 Å². The SMILES string of the molecule is Cn1ccc2c1CCN(CCN1CCC(C3NOc4ccccc43)CC1)C2O. The van der Waals surface area contributed by atoms with Gasteiger partial charge in [0.1, 0.15) is 6.23 Å². The molecule has 3 aliphatic rings. The molecule has 0 spiro atoms. The summed E-state index contributed by atoms with van der Waals surface area (Å²) >= 11 is 0. The number of nitrogens with one attached hydrogen (secondary N) is 1. The molecule has 1 fully saturated rings. The molecular formula is C22H30N4O2. The van der Waals surface area contributed by atoms with Gasteiger partial charge in [0.25, 0.3) is 0 Å². The van der Waals surface area contributed by atoms with Crippen LogP contribution in [0.4, 0.5) is 0 Å². The predicted octanol–water partition coefficient (Wildman–Crippen LogP) is 2.22. The summed E-state index contributed by atoms with van der Waals surface area (Å²) in [6.45, 7) is 5.12. The number of para-hydroxylation sites is 1. The van der Waals surface area contributed by atoms with E-state index in [-0.39, 0.29) is 0 Å². The standard InChI is InChI=1S/C22H30N4O2/c1-24-10-8-17-19(24)9-13-26(22(17)27)15-14-25-11-6-16(7-12-25)21-18-4-2-3-5-20(18)28-23-21/h2-5,8,10,16,21-23,27H,6-7,9,11-15H2,1H3. The molecule has 6 nitrogen and oxygen atoms in total. The molecule has 2 aromatic rings. The second-order valence-corrected chi connectivity index (χ2v) is 8.40. The Hall–Kier alpha value is -1.86. The molecule has 2 N–H and O–H groups in total. The Kier molecular flexibility index (Phi) is 4.88. The van der Waals surface area contributed by atoms with Gasteiger partial charge >= 0.3 is 0 Å². The van der Waals surface area contributed by atoms with Crippen molar-refractivity contribution in [3.05, 3.63) is 53.3 Å². The molecule has 150 valence electrons. The quantitative estimate of drug-likeness (QED) is 0.849. The Morgan fingerprint density at radius 3 is 2.75 bits per heavy atom. The Morgan fingerprint density at radius 1 is 1.07 bits per heavy atom. The third-order valence-corrected chi connectivity index (χ3v) is 6.85. The Balaban J connectivity index is 1.13. The number of likely N-dealkylation sites (tertiary alicyclic amines) is 1. The third-order valence-electron chi connectivity index (χ3n) is 6.85. The van der Waals surface area contributed by atoms with E-state index in [0.717, 1.165) is 50.5 Å². The van der Waals surface area contributed by atoms with Gasteiger partial charge < -0.3 is 19.4 Å². The lowest BCUT2D eigenvalue weighted by Crippen LogP contribution is -2.44. The lowest BCUT2D eigenvalue weighted by molar-refractivity contribution is -0.0142. The molecule has 0 radical (unpaired) electrons. The maximum absolute atomic E-state index is 10.7. The van der Waals surface area contributed by atoms with E-state index in [2.05, 4.69) is 51.3 Å². The van der Waals surface area contributed by atoms with Crippen molar-refractivity contribution in [3.63, 3.8) is 0 Å². The number of nitrogens with zero attached hydrogens (tertiary/aromatic N) is 3. The molecule has 0 amide bonds. The number of hydroxylamine groups is 1. The molecule has 0 aliphatic carbocycles. The van der Waals surface area contributed by atoms with Crippen LogP contribution in [0.5, 0.6) is 5.75 Å². The zero-order chi connectivity index (χ0) is 19.1. The molecule has 4 heterocycles. The van der Waals surface area contributed by atoms with E-state index in [4.69, 9.17) is 4.84 Å². The first-order valence-electron chi connectivity index (χ1n) is 10.5. The van der Waals surface area contributed by atoms with E-state index in [0.29, 0.717) is 12.0 Å². The summed E-state index contributed by atoms with van der Waals surface area (Å²) in [7, 11) is 2.06. The summed E-state index contributed by atoms with van der Waals surface area (Å²) in [5.74, 6) is 1.60. The first-order chi connectivity index (χ1) is 13.7. The maximum Gasteiger partial charge on any atom is 0.152 e. The van der Waals surface area contributed by atoms with Crippen molar-refractivity contribution in [1.29, 1.82) is 0 Å². The van der Waals surface area contributed by atoms with Gasteiger partial charge in [-0.3, -0.25) is 4.90 Å². The summed E-state index contributed by atoms with van der Waals surface area (Å²) in [5.41, 5.74) is 6.90. The van der Waals surface area contributed by atoms with Gasteiger partial charge in [0.05, 0.1) is 6.04 Å². The molecule has 1 saturated heterocycles. The highest BCUT2D eigenvalue weighted by Gasteiger charge is 2.34. The number of piperidine rings is 1. The lowest BCUT2D eigenvalue weighted by Gasteiger charge is -2.37. The monoisotopic (exact) mass is 382 g/mol. The highest BCUT2D eigenvalue weighted by atomic mass is 16.7. The van der Waals surface area contributed by atoms with Gasteiger partial charge in [-0.05, 0) is 44.0 Å². The van der Waals surface area contributed by atoms with E-state index in [9.17, 15) is 5.11 Å². The number of benzene rings is 1. The van der Waals surface area contributed by atoms with Crippen LogP contribution in [0.25, 0.3) is 0 Å². The van der Waals surface area contributed by atoms with E-state index >= 15 is 0 Å². The van der Waals surface area contributed by atoms with Crippen LogP contribution in [-0.2, 0) is 13.5 Å². The van der Waals surface area contributed by atoms with Gasteiger partial charge in [0.15, 0.2) is 5.75 Å². The summed E-state index contributed by atoms with van der Waals surface area (Å²) in [6, 6.07) is 10.7. The van der Waals surface area contributed by atoms with Crippen LogP contribution in [0.15, 0.2) is 36.5 Å². The smallest absolute Gasteiger partial charge is 0.152 e. The first-order valence-corrected chi connectivity index (χ1v) is 10.5. The van der Waals surface area contributed by atoms with Gasteiger partial charge in [-0.15, -0.1) is 5.48 Å². The number of fused-ring (bicyclic) bond motifs is 2. The van der Waals surface area contributed by atoms with Crippen molar-refractivity contribution in [3.8, 4) is 5.75 Å². The average Bonchev–Trinajstić information content (AvgIpc) is 3.32. The van der Waals surface area contributed by atoms with Gasteiger partial charge in [-0.1, -0.05) is 18.2 Å². The van der Waals surface area contributed by atoms with Crippen molar-refractivity contribution >= 4 is 0 Å². The summed E-state index contributed by atoms with van der Waals surface area (Å²) in [5, 5.41) is 10.7. The molecule has 1 aromatic carbocycles. The van der Waals surface area contributed by atoms with Gasteiger partial charge in [-0.2, -0.15) is 0 Å². The topological polar surface area (TPSA) is 52.9 Å². The molecule has 5 rings (SSSR count). The first kappa shape index (κ1) is 18.2. The number of hydrogen-bond donors (Lipinski definition) is 2. The van der Waals surface area contributed by atoms with E-state index in [1.807, 2.05) is 12.1 Å². The molecule has 6 heteroatoms. The second kappa shape index (κ2) is 7.52. The highest BCUT2D eigenvalue weighted by molar-refractivity contribution is 5.38. The fraction of sp³-hybridized carbons (Fsp3) is 0.545. The fourth-order valence-corrected chi connectivity index (χ4v) is 5.09. The Labute approximate surface area is 166 Å². The van der Waals surface area contributed by atoms with Crippen molar-refractivity contribution < 1.29 is 9.94 Å². The van der Waals surface area contributed by atoms with Crippen LogP contribution < -0.4 is 10.3 Å². The summed E-state index contributed by atoms with van der Waals surface area (Å²) < 4.78 is 2.14. The van der Waals surface area contributed by atoms with Crippen molar-refractivity contribution in [2.24, 2.45) is 13.0 Å². The largest absolute Gasteiger partial charge is 0.408 e. The van der Waals surface area contributed by atoms with Gasteiger partial charge in [0, 0.05) is 56.1 Å². The molecule has 2 atom stereocenters. The molecule has 0 saturated carbocycles. The fourth-order valence-electron chi connectivity index (χ4n) is 5.09. The minimum atomic E-state index is -0.459. The van der Waals surface area contributed by atoms with E-state index < -0.39 is 6.23 Å². The van der Waals surface area contributed by atoms with Crippen molar-refractivity contribution in [2.75, 3.05) is 32.7 Å². The molecular weight excluding hydrogens is 352 g/mol. The minimum absolute atomic E-state index is 0.318. The number of aliphatic hydroxyl groups excluding tert-OH is 1. The van der Waals surface area contributed by atoms with Crippen LogP contribution >= 0.6 is 0 Å². The summed E-state index contributed by atoms with van der Waals surface area (Å²) in [4.78, 5) is 10.4. The molecule has 1 aromatic heterocycles. The Bertz CT molecular complexity index is 828. The third kappa shape index (κ3) is 3.24. The van der Waals surface area contributed by atoms with Gasteiger partial charge in [-0.25, -0.2) is 0 Å². The second-order valence-electron chi connectivity index (χ2n) is 8.40. The van der Waals surface area contributed by atoms with Crippen LogP contribution in [0.1, 0.15) is 41.9 Å². The number of aliphatic hydroxyl groups is 1. The minimum Gasteiger partial charge on any atom is -0.408 e. The van der Waals surface area contributed by atoms with E-state index in [1.54, 1.807) is 0 Å². The zero-order valence-corrected chi connectivity index (χ0v) is 16.6.